The maximum absolute atomic E-state index is 11.6. The van der Waals surface area contributed by atoms with E-state index in [-0.39, 0.29) is 12.3 Å². The molecule has 0 aliphatic carbocycles. The van der Waals surface area contributed by atoms with Crippen molar-refractivity contribution in [2.75, 3.05) is 18.8 Å². The Balaban J connectivity index is 2.17. The van der Waals surface area contributed by atoms with E-state index < -0.39 is 10.0 Å². The minimum absolute atomic E-state index is 0.151. The van der Waals surface area contributed by atoms with Crippen LogP contribution in [0.2, 0.25) is 0 Å². The smallest absolute Gasteiger partial charge is 0.211 e. The van der Waals surface area contributed by atoms with Crippen LogP contribution < -0.4 is 10.0 Å². The highest BCUT2D eigenvalue weighted by atomic mass is 32.2. The number of H-pyrrole nitrogens is 1. The lowest BCUT2D eigenvalue weighted by atomic mass is 10.4. The largest absolute Gasteiger partial charge is 0.347 e. The Labute approximate surface area is 102 Å². The van der Waals surface area contributed by atoms with Crippen molar-refractivity contribution in [1.82, 2.24) is 20.0 Å². The lowest BCUT2D eigenvalue weighted by molar-refractivity contribution is 0.573. The second-order valence-corrected chi connectivity index (χ2v) is 5.75. The maximum Gasteiger partial charge on any atom is 0.211 e. The molecule has 0 saturated heterocycles. The van der Waals surface area contributed by atoms with Crippen molar-refractivity contribution in [2.24, 2.45) is 0 Å². The van der Waals surface area contributed by atoms with Gasteiger partial charge in [-0.2, -0.15) is 0 Å². The molecule has 1 aromatic rings. The molecule has 0 aliphatic heterocycles. The Hall–Kier alpha value is -0.920. The summed E-state index contributed by atoms with van der Waals surface area (Å²) in [6, 6.07) is 0. The van der Waals surface area contributed by atoms with Crippen molar-refractivity contribution in [3.8, 4) is 0 Å². The number of nitrogens with zero attached hydrogens (tertiary/aromatic N) is 1. The van der Waals surface area contributed by atoms with E-state index in [4.69, 9.17) is 0 Å². The number of imidazole rings is 1. The highest BCUT2D eigenvalue weighted by Crippen LogP contribution is 1.94. The summed E-state index contributed by atoms with van der Waals surface area (Å²) in [5.74, 6) is 0.151. The molecule has 17 heavy (non-hydrogen) atoms. The highest BCUT2D eigenvalue weighted by Gasteiger charge is 2.09. The second kappa shape index (κ2) is 7.41. The summed E-state index contributed by atoms with van der Waals surface area (Å²) in [5.41, 5.74) is 0.762. The van der Waals surface area contributed by atoms with Crippen LogP contribution in [0.3, 0.4) is 0 Å². The number of sulfonamides is 1. The van der Waals surface area contributed by atoms with E-state index in [0.29, 0.717) is 6.42 Å². The standard InChI is InChI=1S/C10H20N4O2S/c1-2-4-11-5-3-6-17(15,16)14-8-10-7-12-9-13-10/h7,9,11,14H,2-6,8H2,1H3,(H,12,13). The van der Waals surface area contributed by atoms with Crippen molar-refractivity contribution in [3.05, 3.63) is 18.2 Å². The third-order valence-corrected chi connectivity index (χ3v) is 3.64. The van der Waals surface area contributed by atoms with Gasteiger partial charge >= 0.3 is 0 Å². The predicted molar refractivity (Wildman–Crippen MR) is 67.0 cm³/mol. The summed E-state index contributed by atoms with van der Waals surface area (Å²) in [6.07, 6.45) is 4.81. The van der Waals surface area contributed by atoms with Crippen molar-refractivity contribution in [2.45, 2.75) is 26.3 Å². The molecule has 6 nitrogen and oxygen atoms in total. The lowest BCUT2D eigenvalue weighted by Gasteiger charge is -2.06. The van der Waals surface area contributed by atoms with E-state index in [1.807, 2.05) is 0 Å². The highest BCUT2D eigenvalue weighted by molar-refractivity contribution is 7.89. The predicted octanol–water partition coefficient (Wildman–Crippen LogP) is 0.219. The molecule has 0 fully saturated rings. The van der Waals surface area contributed by atoms with Crippen LogP contribution in [-0.4, -0.2) is 37.2 Å². The van der Waals surface area contributed by atoms with Gasteiger partial charge in [0.15, 0.2) is 0 Å². The summed E-state index contributed by atoms with van der Waals surface area (Å²) in [4.78, 5) is 6.66. The SMILES string of the molecule is CCCNCCCS(=O)(=O)NCc1cnc[nH]1. The van der Waals surface area contributed by atoms with Crippen LogP contribution in [0.5, 0.6) is 0 Å². The molecule has 0 aromatic carbocycles. The maximum atomic E-state index is 11.6. The monoisotopic (exact) mass is 260 g/mol. The van der Waals surface area contributed by atoms with Crippen LogP contribution in [0.1, 0.15) is 25.5 Å². The first-order chi connectivity index (χ1) is 8.14. The molecule has 0 atom stereocenters. The molecule has 98 valence electrons. The average Bonchev–Trinajstić information content (AvgIpc) is 2.79. The molecule has 3 N–H and O–H groups in total. The summed E-state index contributed by atoms with van der Waals surface area (Å²) in [6.45, 7) is 4.01. The zero-order valence-corrected chi connectivity index (χ0v) is 10.9. The van der Waals surface area contributed by atoms with Crippen molar-refractivity contribution in [1.29, 1.82) is 0 Å². The third kappa shape index (κ3) is 6.40. The summed E-state index contributed by atoms with van der Waals surface area (Å²) >= 11 is 0. The van der Waals surface area contributed by atoms with Gasteiger partial charge < -0.3 is 10.3 Å². The van der Waals surface area contributed by atoms with Gasteiger partial charge in [0, 0.05) is 11.9 Å². The fraction of sp³-hybridized carbons (Fsp3) is 0.700. The molecular weight excluding hydrogens is 240 g/mol. The van der Waals surface area contributed by atoms with Crippen molar-refractivity contribution >= 4 is 10.0 Å². The molecule has 0 saturated carbocycles. The topological polar surface area (TPSA) is 86.9 Å². The van der Waals surface area contributed by atoms with E-state index >= 15 is 0 Å². The summed E-state index contributed by atoms with van der Waals surface area (Å²) in [5, 5.41) is 3.17. The summed E-state index contributed by atoms with van der Waals surface area (Å²) in [7, 11) is -3.18. The van der Waals surface area contributed by atoms with E-state index in [9.17, 15) is 8.42 Å². The molecule has 1 aromatic heterocycles. The first kappa shape index (κ1) is 14.1. The molecule has 1 heterocycles. The number of hydrogen-bond acceptors (Lipinski definition) is 4. The number of nitrogens with one attached hydrogen (secondary N) is 3. The Morgan fingerprint density at radius 1 is 1.41 bits per heavy atom. The number of aromatic nitrogens is 2. The molecule has 0 amide bonds. The molecule has 0 aliphatic rings. The van der Waals surface area contributed by atoms with E-state index in [2.05, 4.69) is 26.9 Å². The number of rotatable bonds is 9. The summed E-state index contributed by atoms with van der Waals surface area (Å²) < 4.78 is 25.7. The second-order valence-electron chi connectivity index (χ2n) is 3.82. The molecule has 1 rings (SSSR count). The normalized spacial score (nSPS) is 11.8. The van der Waals surface area contributed by atoms with Gasteiger partial charge in [-0.25, -0.2) is 18.1 Å². The van der Waals surface area contributed by atoms with Gasteiger partial charge in [0.1, 0.15) is 0 Å². The van der Waals surface area contributed by atoms with Crippen LogP contribution in [0.25, 0.3) is 0 Å². The van der Waals surface area contributed by atoms with Crippen molar-refractivity contribution in [3.63, 3.8) is 0 Å². The quantitative estimate of drug-likeness (QED) is 0.554. The van der Waals surface area contributed by atoms with Gasteiger partial charge in [0.05, 0.1) is 18.6 Å². The van der Waals surface area contributed by atoms with Gasteiger partial charge in [-0.3, -0.25) is 0 Å². The average molecular weight is 260 g/mol. The van der Waals surface area contributed by atoms with Crippen molar-refractivity contribution < 1.29 is 8.42 Å². The zero-order chi connectivity index (χ0) is 12.6. The lowest BCUT2D eigenvalue weighted by Crippen LogP contribution is -2.28. The molecule has 0 radical (unpaired) electrons. The van der Waals surface area contributed by atoms with Crippen LogP contribution in [-0.2, 0) is 16.6 Å². The Morgan fingerprint density at radius 2 is 2.24 bits per heavy atom. The van der Waals surface area contributed by atoms with Gasteiger partial charge in [-0.05, 0) is 25.9 Å². The van der Waals surface area contributed by atoms with E-state index in [1.165, 1.54) is 6.33 Å². The van der Waals surface area contributed by atoms with Crippen LogP contribution in [0.4, 0.5) is 0 Å². The van der Waals surface area contributed by atoms with E-state index in [1.54, 1.807) is 6.20 Å². The van der Waals surface area contributed by atoms with Crippen LogP contribution in [0, 0.1) is 0 Å². The minimum Gasteiger partial charge on any atom is -0.347 e. The van der Waals surface area contributed by atoms with Gasteiger partial charge in [0.2, 0.25) is 10.0 Å². The molecule has 0 bridgehead atoms. The minimum atomic E-state index is -3.18. The Bertz CT molecular complexity index is 388. The third-order valence-electron chi connectivity index (χ3n) is 2.23. The van der Waals surface area contributed by atoms with Gasteiger partial charge in [-0.1, -0.05) is 6.92 Å². The number of hydrogen-bond donors (Lipinski definition) is 3. The molecule has 7 heteroatoms. The Morgan fingerprint density at radius 3 is 2.88 bits per heavy atom. The number of aromatic amines is 1. The Kier molecular flexibility index (Phi) is 6.17. The van der Waals surface area contributed by atoms with Crippen LogP contribution >= 0.6 is 0 Å². The fourth-order valence-electron chi connectivity index (χ4n) is 1.33. The zero-order valence-electron chi connectivity index (χ0n) is 10.1. The fourth-order valence-corrected chi connectivity index (χ4v) is 2.37. The van der Waals surface area contributed by atoms with E-state index in [0.717, 1.165) is 25.2 Å². The first-order valence-corrected chi connectivity index (χ1v) is 7.44. The molecule has 0 spiro atoms. The molecular formula is C10H20N4O2S. The molecule has 0 unspecified atom stereocenters. The van der Waals surface area contributed by atoms with Gasteiger partial charge in [-0.15, -0.1) is 0 Å². The van der Waals surface area contributed by atoms with Crippen LogP contribution in [0.15, 0.2) is 12.5 Å². The van der Waals surface area contributed by atoms with Gasteiger partial charge in [0.25, 0.3) is 0 Å². The first-order valence-electron chi connectivity index (χ1n) is 5.79.